The Labute approximate surface area is 140 Å². The Morgan fingerprint density at radius 3 is 2.80 bits per heavy atom. The monoisotopic (exact) mass is 337 g/mol. The number of rotatable bonds is 4. The van der Waals surface area contributed by atoms with E-state index in [1.807, 2.05) is 0 Å². The van der Waals surface area contributed by atoms with E-state index in [1.54, 1.807) is 42.5 Å². The molecule has 4 rings (SSSR count). The average molecular weight is 337 g/mol. The van der Waals surface area contributed by atoms with Gasteiger partial charge in [-0.15, -0.1) is 0 Å². The number of ether oxygens (including phenoxy) is 1. The molecule has 0 spiro atoms. The van der Waals surface area contributed by atoms with Gasteiger partial charge in [-0.3, -0.25) is 4.79 Å². The molecule has 3 aromatic heterocycles. The largest absolute Gasteiger partial charge is 0.461 e. The molecule has 7 heteroatoms. The predicted octanol–water partition coefficient (Wildman–Crippen LogP) is 3.40. The number of hydrogen-bond donors (Lipinski definition) is 0. The van der Waals surface area contributed by atoms with Crippen molar-refractivity contribution in [2.75, 3.05) is 0 Å². The lowest BCUT2D eigenvalue weighted by atomic mass is 10.2. The summed E-state index contributed by atoms with van der Waals surface area (Å²) in [6, 6.07) is 12.8. The average Bonchev–Trinajstić information content (AvgIpc) is 3.31. The van der Waals surface area contributed by atoms with Crippen LogP contribution in [-0.4, -0.2) is 11.1 Å². The topological polar surface area (TPSA) is 95.7 Å². The van der Waals surface area contributed by atoms with Crippen LogP contribution in [0.4, 0.5) is 0 Å². The van der Waals surface area contributed by atoms with Gasteiger partial charge in [-0.25, -0.2) is 4.79 Å². The molecule has 0 fully saturated rings. The van der Waals surface area contributed by atoms with E-state index >= 15 is 0 Å². The van der Waals surface area contributed by atoms with Crippen LogP contribution in [0, 0.1) is 0 Å². The Bertz CT molecular complexity index is 1090. The van der Waals surface area contributed by atoms with Gasteiger partial charge in [0.2, 0.25) is 11.5 Å². The van der Waals surface area contributed by atoms with Gasteiger partial charge in [-0.2, -0.15) is 0 Å². The highest BCUT2D eigenvalue weighted by molar-refractivity contribution is 5.88. The first kappa shape index (κ1) is 14.9. The molecular formula is C18H11NO6. The minimum Gasteiger partial charge on any atom is -0.461 e. The van der Waals surface area contributed by atoms with Crippen LogP contribution in [0.5, 0.6) is 0 Å². The first-order chi connectivity index (χ1) is 12.2. The fourth-order valence-corrected chi connectivity index (χ4v) is 2.33. The third-order valence-electron chi connectivity index (χ3n) is 3.51. The lowest BCUT2D eigenvalue weighted by Crippen LogP contribution is -2.10. The van der Waals surface area contributed by atoms with E-state index < -0.39 is 5.97 Å². The zero-order valence-electron chi connectivity index (χ0n) is 12.8. The Kier molecular flexibility index (Phi) is 3.66. The van der Waals surface area contributed by atoms with E-state index in [-0.39, 0.29) is 17.8 Å². The number of carbonyl (C=O) groups excluding carboxylic acids is 1. The number of esters is 1. The first-order valence-electron chi connectivity index (χ1n) is 7.40. The molecular weight excluding hydrogens is 326 g/mol. The molecule has 0 saturated heterocycles. The summed E-state index contributed by atoms with van der Waals surface area (Å²) in [6.07, 6.45) is 1.51. The summed E-state index contributed by atoms with van der Waals surface area (Å²) in [5, 5.41) is 4.20. The molecule has 124 valence electrons. The zero-order valence-corrected chi connectivity index (χ0v) is 12.8. The van der Waals surface area contributed by atoms with Crippen molar-refractivity contribution in [3.05, 3.63) is 76.5 Å². The highest BCUT2D eigenvalue weighted by Crippen LogP contribution is 2.21. The summed E-state index contributed by atoms with van der Waals surface area (Å²) < 4.78 is 20.9. The van der Waals surface area contributed by atoms with E-state index in [4.69, 9.17) is 18.1 Å². The third kappa shape index (κ3) is 2.94. The van der Waals surface area contributed by atoms with Crippen molar-refractivity contribution in [1.29, 1.82) is 0 Å². The van der Waals surface area contributed by atoms with Crippen LogP contribution >= 0.6 is 0 Å². The van der Waals surface area contributed by atoms with Gasteiger partial charge in [0, 0.05) is 12.1 Å². The molecule has 0 amide bonds. The zero-order chi connectivity index (χ0) is 17.2. The van der Waals surface area contributed by atoms with E-state index in [2.05, 4.69) is 5.16 Å². The van der Waals surface area contributed by atoms with Crippen molar-refractivity contribution < 1.29 is 22.9 Å². The Balaban J connectivity index is 1.50. The molecule has 0 aliphatic heterocycles. The van der Waals surface area contributed by atoms with E-state index in [0.717, 1.165) is 6.07 Å². The number of nitrogens with zero attached hydrogens (tertiary/aromatic N) is 1. The molecule has 0 N–H and O–H groups in total. The normalized spacial score (nSPS) is 10.9. The minimum atomic E-state index is -0.759. The van der Waals surface area contributed by atoms with Crippen LogP contribution in [-0.2, 0) is 11.3 Å². The number of fused-ring (bicyclic) bond motifs is 1. The quantitative estimate of drug-likeness (QED) is 0.527. The van der Waals surface area contributed by atoms with Crippen LogP contribution in [0.1, 0.15) is 16.2 Å². The second kappa shape index (κ2) is 6.12. The van der Waals surface area contributed by atoms with Crippen LogP contribution in [0.15, 0.2) is 72.9 Å². The Morgan fingerprint density at radius 1 is 1.08 bits per heavy atom. The van der Waals surface area contributed by atoms with Gasteiger partial charge in [0.05, 0.1) is 11.6 Å². The van der Waals surface area contributed by atoms with Crippen LogP contribution in [0.3, 0.4) is 0 Å². The molecule has 0 radical (unpaired) electrons. The summed E-state index contributed by atoms with van der Waals surface area (Å²) in [4.78, 5) is 24.1. The van der Waals surface area contributed by atoms with Crippen molar-refractivity contribution in [3.8, 4) is 11.5 Å². The van der Waals surface area contributed by atoms with E-state index in [0.29, 0.717) is 28.2 Å². The van der Waals surface area contributed by atoms with E-state index in [9.17, 15) is 9.59 Å². The molecule has 25 heavy (non-hydrogen) atoms. The van der Waals surface area contributed by atoms with Crippen molar-refractivity contribution in [3.63, 3.8) is 0 Å². The van der Waals surface area contributed by atoms with Crippen LogP contribution in [0.25, 0.3) is 22.5 Å². The lowest BCUT2D eigenvalue weighted by molar-refractivity contribution is 0.0428. The summed E-state index contributed by atoms with van der Waals surface area (Å²) in [5.74, 6) is 0.0164. The number of para-hydroxylation sites is 1. The summed E-state index contributed by atoms with van der Waals surface area (Å²) >= 11 is 0. The van der Waals surface area contributed by atoms with Gasteiger partial charge >= 0.3 is 5.97 Å². The standard InChI is InChI=1S/C18H11NO6/c20-13-9-17(24-14-5-2-1-4-12(13)14)18(21)23-10-11-8-16(25-19-11)15-6-3-7-22-15/h1-9H,10H2. The molecule has 0 unspecified atom stereocenters. The number of carbonyl (C=O) groups is 1. The van der Waals surface area contributed by atoms with Gasteiger partial charge in [0.1, 0.15) is 17.9 Å². The highest BCUT2D eigenvalue weighted by atomic mass is 16.5. The SMILES string of the molecule is O=C(OCc1cc(-c2ccco2)on1)c1cc(=O)c2ccccc2o1. The van der Waals surface area contributed by atoms with Crippen LogP contribution < -0.4 is 5.43 Å². The van der Waals surface area contributed by atoms with Crippen molar-refractivity contribution in [2.24, 2.45) is 0 Å². The van der Waals surface area contributed by atoms with Gasteiger partial charge < -0.3 is 18.1 Å². The number of aromatic nitrogens is 1. The second-order valence-electron chi connectivity index (χ2n) is 5.21. The highest BCUT2D eigenvalue weighted by Gasteiger charge is 2.16. The second-order valence-corrected chi connectivity index (χ2v) is 5.21. The summed E-state index contributed by atoms with van der Waals surface area (Å²) in [7, 11) is 0. The molecule has 0 atom stereocenters. The molecule has 0 aliphatic rings. The number of benzene rings is 1. The molecule has 0 aliphatic carbocycles. The minimum absolute atomic E-state index is 0.125. The van der Waals surface area contributed by atoms with Crippen molar-refractivity contribution >= 4 is 16.9 Å². The lowest BCUT2D eigenvalue weighted by Gasteiger charge is -2.03. The molecule has 7 nitrogen and oxygen atoms in total. The fourth-order valence-electron chi connectivity index (χ4n) is 2.33. The number of furan rings is 1. The van der Waals surface area contributed by atoms with Gasteiger partial charge in [-0.05, 0) is 24.3 Å². The maximum absolute atomic E-state index is 12.1. The van der Waals surface area contributed by atoms with Gasteiger partial charge in [0.15, 0.2) is 11.2 Å². The molecule has 0 bridgehead atoms. The summed E-state index contributed by atoms with van der Waals surface area (Å²) in [5.41, 5.74) is 0.418. The first-order valence-corrected chi connectivity index (χ1v) is 7.40. The summed E-state index contributed by atoms with van der Waals surface area (Å²) in [6.45, 7) is -0.125. The smallest absolute Gasteiger partial charge is 0.374 e. The molecule has 3 heterocycles. The van der Waals surface area contributed by atoms with Gasteiger partial charge in [-0.1, -0.05) is 17.3 Å². The third-order valence-corrected chi connectivity index (χ3v) is 3.51. The van der Waals surface area contributed by atoms with E-state index in [1.165, 1.54) is 6.26 Å². The molecule has 0 saturated carbocycles. The Hall–Kier alpha value is -3.61. The van der Waals surface area contributed by atoms with Crippen LogP contribution in [0.2, 0.25) is 0 Å². The van der Waals surface area contributed by atoms with Gasteiger partial charge in [0.25, 0.3) is 0 Å². The Morgan fingerprint density at radius 2 is 1.96 bits per heavy atom. The maximum Gasteiger partial charge on any atom is 0.374 e. The maximum atomic E-state index is 12.1. The number of hydrogen-bond acceptors (Lipinski definition) is 7. The molecule has 4 aromatic rings. The fraction of sp³-hybridized carbons (Fsp3) is 0.0556. The predicted molar refractivity (Wildman–Crippen MR) is 85.8 cm³/mol. The van der Waals surface area contributed by atoms with Crippen molar-refractivity contribution in [2.45, 2.75) is 6.61 Å². The van der Waals surface area contributed by atoms with Crippen molar-refractivity contribution in [1.82, 2.24) is 5.16 Å². The molecule has 1 aromatic carbocycles.